The van der Waals surface area contributed by atoms with E-state index in [9.17, 15) is 34.3 Å². The van der Waals surface area contributed by atoms with E-state index in [2.05, 4.69) is 0 Å². The second-order valence-electron chi connectivity index (χ2n) is 1.46. The van der Waals surface area contributed by atoms with Crippen molar-refractivity contribution in [2.75, 3.05) is 0 Å². The van der Waals surface area contributed by atoms with Gasteiger partial charge in [0.05, 0.1) is 0 Å². The molecule has 80 valence electrons. The molecule has 0 heterocycles. The second kappa shape index (κ2) is 5.41. The van der Waals surface area contributed by atoms with Gasteiger partial charge in [-0.3, -0.25) is 0 Å². The number of hydrogen-bond donors (Lipinski definition) is 0. The average molecular weight is 255 g/mol. The van der Waals surface area contributed by atoms with Crippen molar-refractivity contribution >= 4 is 26.5 Å². The van der Waals surface area contributed by atoms with Crippen LogP contribution in [-0.2, 0) is 10.0 Å². The molecule has 0 aliphatic carbocycles. The molecule has 0 saturated heterocycles. The van der Waals surface area contributed by atoms with Gasteiger partial charge in [-0.05, 0) is 11.1 Å². The molecule has 0 saturated carbocycles. The third-order valence-corrected chi connectivity index (χ3v) is 2.73. The smallest absolute Gasteiger partial charge is 0.457 e. The van der Waals surface area contributed by atoms with E-state index in [0.717, 1.165) is 0 Å². The normalized spacial score (nSPS) is 14.4. The first kappa shape index (κ1) is 16.7. The number of halogens is 6. The number of hydrogen-bond acceptors (Lipinski definition) is 2. The summed E-state index contributed by atoms with van der Waals surface area (Å²) in [4.78, 5) is 0. The van der Waals surface area contributed by atoms with E-state index in [4.69, 9.17) is 0 Å². The zero-order valence-electron chi connectivity index (χ0n) is 6.35. The number of rotatable bonds is 2. The van der Waals surface area contributed by atoms with Crippen LogP contribution in [0.15, 0.2) is 0 Å². The number of alkyl halides is 3. The molecule has 0 radical (unpaired) electrons. The third kappa shape index (κ3) is 4.70. The van der Waals surface area contributed by atoms with Crippen LogP contribution >= 0.6 is 11.1 Å². The molecule has 0 spiro atoms. The Morgan fingerprint density at radius 1 is 1.21 bits per heavy atom. The molecule has 0 aromatic carbocycles. The van der Waals surface area contributed by atoms with Crippen LogP contribution in [0.1, 0.15) is 0 Å². The van der Waals surface area contributed by atoms with Crippen molar-refractivity contribution in [3.63, 3.8) is 0 Å². The van der Waals surface area contributed by atoms with Crippen LogP contribution in [0.2, 0.25) is 0 Å². The maximum absolute atomic E-state index is 11.7. The summed E-state index contributed by atoms with van der Waals surface area (Å²) in [6, 6.07) is 0. The zero-order valence-corrected chi connectivity index (χ0v) is 7.98. The summed E-state index contributed by atoms with van der Waals surface area (Å²) in [5, 5.41) is -3.13. The van der Waals surface area contributed by atoms with Crippen molar-refractivity contribution in [1.82, 2.24) is 0 Å². The Hall–Kier alpha value is 0.307. The molecule has 1 unspecified atom stereocenters. The molecule has 0 aromatic heterocycles. The van der Waals surface area contributed by atoms with Gasteiger partial charge in [0.25, 0.3) is 0 Å². The summed E-state index contributed by atoms with van der Waals surface area (Å²) in [5.74, 6) is 0. The van der Waals surface area contributed by atoms with Crippen LogP contribution in [0.5, 0.6) is 0 Å². The van der Waals surface area contributed by atoms with E-state index in [1.54, 1.807) is 0 Å². The first-order chi connectivity index (χ1) is 5.58. The molecule has 12 heteroatoms. The fourth-order valence-electron chi connectivity index (χ4n) is 0.157. The van der Waals surface area contributed by atoms with Crippen LogP contribution < -0.4 is 18.9 Å². The van der Waals surface area contributed by atoms with Gasteiger partial charge in [0, 0.05) is 0 Å². The minimum Gasteiger partial charge on any atom is -0.457 e. The maximum Gasteiger partial charge on any atom is 1.00 e. The quantitative estimate of drug-likeness (QED) is 0.284. The molecule has 0 N–H and O–H groups in total. The van der Waals surface area contributed by atoms with Crippen LogP contribution in [-0.4, -0.2) is 19.3 Å². The summed E-state index contributed by atoms with van der Waals surface area (Å²) in [6.07, 6.45) is 0. The Bertz CT molecular complexity index is 317. The fraction of sp³-hybridized carbons (Fsp3) is 0.500. The predicted molar refractivity (Wildman–Crippen MR) is 34.3 cm³/mol. The molecular formula is C2F6LiNO2S2. The molecule has 3 nitrogen and oxygen atoms in total. The maximum atomic E-state index is 11.7. The predicted octanol–water partition coefficient (Wildman–Crippen LogP) is -0.692. The molecule has 0 bridgehead atoms. The topological polar surface area (TPSA) is 48.2 Å². The van der Waals surface area contributed by atoms with Crippen LogP contribution in [0, 0.1) is 0 Å². The SMILES string of the molecule is O=S(=O)([N-]S(F)=C(F)F)C(F)(F)F.[Li+]. The average Bonchev–Trinajstić information content (AvgIpc) is 1.83. The van der Waals surface area contributed by atoms with E-state index >= 15 is 0 Å². The first-order valence-electron chi connectivity index (χ1n) is 2.21. The molecule has 0 aliphatic heterocycles. The van der Waals surface area contributed by atoms with Gasteiger partial charge >= 0.3 is 29.7 Å². The van der Waals surface area contributed by atoms with Crippen LogP contribution in [0.4, 0.5) is 25.8 Å². The molecule has 0 aromatic rings. The van der Waals surface area contributed by atoms with Crippen molar-refractivity contribution in [3.8, 4) is 0 Å². The Labute approximate surface area is 89.4 Å². The van der Waals surface area contributed by atoms with E-state index in [1.165, 1.54) is 4.13 Å². The second-order valence-corrected chi connectivity index (χ2v) is 4.25. The van der Waals surface area contributed by atoms with E-state index < -0.39 is 32.0 Å². The third-order valence-electron chi connectivity index (χ3n) is 0.583. The molecule has 14 heavy (non-hydrogen) atoms. The van der Waals surface area contributed by atoms with E-state index in [-0.39, 0.29) is 18.9 Å². The van der Waals surface area contributed by atoms with Gasteiger partial charge in [-0.1, -0.05) is 0 Å². The van der Waals surface area contributed by atoms with Crippen LogP contribution in [0.3, 0.4) is 0 Å². The minimum absolute atomic E-state index is 0. The summed E-state index contributed by atoms with van der Waals surface area (Å²) < 4.78 is 89.3. The molecule has 0 aliphatic rings. The van der Waals surface area contributed by atoms with Crippen molar-refractivity contribution in [2.45, 2.75) is 5.51 Å². The largest absolute Gasteiger partial charge is 1.00 e. The van der Waals surface area contributed by atoms with Crippen molar-refractivity contribution in [1.29, 1.82) is 0 Å². The van der Waals surface area contributed by atoms with Gasteiger partial charge < -0.3 is 4.13 Å². The van der Waals surface area contributed by atoms with Crippen molar-refractivity contribution < 1.29 is 53.1 Å². The summed E-state index contributed by atoms with van der Waals surface area (Å²) in [7, 11) is -6.18. The summed E-state index contributed by atoms with van der Waals surface area (Å²) in [5.41, 5.74) is -5.86. The number of sulfonamides is 1. The number of nitrogens with zero attached hydrogens (tertiary/aromatic N) is 1. The van der Waals surface area contributed by atoms with Crippen molar-refractivity contribution in [2.24, 2.45) is 0 Å². The molecular weight excluding hydrogens is 255 g/mol. The van der Waals surface area contributed by atoms with Gasteiger partial charge in [-0.15, -0.1) is 0 Å². The van der Waals surface area contributed by atoms with Crippen molar-refractivity contribution in [3.05, 3.63) is 4.13 Å². The Balaban J connectivity index is 0. The van der Waals surface area contributed by atoms with E-state index in [1.807, 2.05) is 0 Å². The Kier molecular flexibility index (Phi) is 6.46. The molecule has 0 fully saturated rings. The van der Waals surface area contributed by atoms with Gasteiger partial charge in [0.2, 0.25) is 0 Å². The van der Waals surface area contributed by atoms with Gasteiger partial charge in [0.15, 0.2) is 10.0 Å². The minimum atomic E-state index is -6.18. The van der Waals surface area contributed by atoms with Gasteiger partial charge in [0.1, 0.15) is 0 Å². The molecule has 0 rings (SSSR count). The standard InChI is InChI=1S/C2F6NO2S2.Li/c3-1(4)12(8)9-13(10,11)2(5,6)7;/q-1;+1. The Morgan fingerprint density at radius 2 is 1.57 bits per heavy atom. The Morgan fingerprint density at radius 3 is 1.79 bits per heavy atom. The first-order valence-corrected chi connectivity index (χ1v) is 4.73. The molecule has 1 atom stereocenters. The van der Waals surface area contributed by atoms with Gasteiger partial charge in [-0.2, -0.15) is 25.8 Å². The monoisotopic (exact) mass is 255 g/mol. The fourth-order valence-corrected chi connectivity index (χ4v) is 1.41. The van der Waals surface area contributed by atoms with Gasteiger partial charge in [-0.25, -0.2) is 8.42 Å². The van der Waals surface area contributed by atoms with Crippen LogP contribution in [0.25, 0.3) is 4.13 Å². The van der Waals surface area contributed by atoms with E-state index in [0.29, 0.717) is 0 Å². The molecule has 0 amide bonds. The zero-order chi connectivity index (χ0) is 10.9. The summed E-state index contributed by atoms with van der Waals surface area (Å²) in [6.45, 7) is 0. The summed E-state index contributed by atoms with van der Waals surface area (Å²) >= 11 is -4.04.